The second kappa shape index (κ2) is 11.0. The van der Waals surface area contributed by atoms with Crippen LogP contribution < -0.4 is 9.46 Å². The maximum absolute atomic E-state index is 14.3. The summed E-state index contributed by atoms with van der Waals surface area (Å²) in [5, 5.41) is 10.4. The highest BCUT2D eigenvalue weighted by Gasteiger charge is 2.34. The quantitative estimate of drug-likeness (QED) is 0.297. The molecule has 0 fully saturated rings. The average Bonchev–Trinajstić information content (AvgIpc) is 2.85. The van der Waals surface area contributed by atoms with Crippen LogP contribution in [0.15, 0.2) is 36.4 Å². The molecule has 3 aromatic rings. The number of carboxylic acids is 1. The summed E-state index contributed by atoms with van der Waals surface area (Å²) in [7, 11) is 0. The smallest absolute Gasteiger partial charge is 0.337 e. The van der Waals surface area contributed by atoms with Crippen molar-refractivity contribution in [3.63, 3.8) is 0 Å². The van der Waals surface area contributed by atoms with E-state index in [-0.39, 0.29) is 5.82 Å². The van der Waals surface area contributed by atoms with Crippen molar-refractivity contribution in [1.82, 2.24) is 0 Å². The highest BCUT2D eigenvalue weighted by molar-refractivity contribution is 7.99. The van der Waals surface area contributed by atoms with Crippen LogP contribution in [0.3, 0.4) is 0 Å². The first-order chi connectivity index (χ1) is 17.9. The molecule has 0 aromatic heterocycles. The van der Waals surface area contributed by atoms with E-state index in [1.54, 1.807) is 13.0 Å². The number of fused-ring (bicyclic) bond motifs is 1. The van der Waals surface area contributed by atoms with E-state index in [9.17, 15) is 14.3 Å². The van der Waals surface area contributed by atoms with E-state index in [4.69, 9.17) is 9.47 Å². The van der Waals surface area contributed by atoms with Crippen molar-refractivity contribution in [3.05, 3.63) is 70.0 Å². The summed E-state index contributed by atoms with van der Waals surface area (Å²) >= 11 is 1.43. The summed E-state index contributed by atoms with van der Waals surface area (Å²) in [4.78, 5) is 12.8. The van der Waals surface area contributed by atoms with Gasteiger partial charge >= 0.3 is 5.97 Å². The lowest BCUT2D eigenvalue weighted by molar-refractivity contribution is -0.160. The van der Waals surface area contributed by atoms with Gasteiger partial charge in [0, 0.05) is 17.4 Å². The highest BCUT2D eigenvalue weighted by Crippen LogP contribution is 2.48. The van der Waals surface area contributed by atoms with Gasteiger partial charge in [0.1, 0.15) is 11.6 Å². The fourth-order valence-corrected chi connectivity index (χ4v) is 5.68. The van der Waals surface area contributed by atoms with Crippen molar-refractivity contribution in [2.24, 2.45) is 0 Å². The van der Waals surface area contributed by atoms with Gasteiger partial charge in [-0.25, -0.2) is 9.18 Å². The first kappa shape index (κ1) is 28.0. The molecule has 202 valence electrons. The molecule has 5 nitrogen and oxygen atoms in total. The van der Waals surface area contributed by atoms with Crippen molar-refractivity contribution in [2.45, 2.75) is 66.1 Å². The Morgan fingerprint density at radius 1 is 1.08 bits per heavy atom. The van der Waals surface area contributed by atoms with Gasteiger partial charge in [0.05, 0.1) is 17.9 Å². The summed E-state index contributed by atoms with van der Waals surface area (Å²) in [5.41, 5.74) is 7.54. The Labute approximate surface area is 228 Å². The zero-order chi connectivity index (χ0) is 27.8. The van der Waals surface area contributed by atoms with Gasteiger partial charge in [-0.15, -0.1) is 0 Å². The number of aliphatic carboxylic acids is 1. The monoisotopic (exact) mass is 537 g/mol. The molecule has 0 aliphatic carbocycles. The molecular weight excluding hydrogens is 501 g/mol. The van der Waals surface area contributed by atoms with Gasteiger partial charge in [0.15, 0.2) is 6.10 Å². The number of halogens is 1. The molecule has 1 unspecified atom stereocenters. The molecule has 1 aliphatic heterocycles. The fourth-order valence-electron chi connectivity index (χ4n) is 5.22. The van der Waals surface area contributed by atoms with Gasteiger partial charge in [0.2, 0.25) is 0 Å². The molecule has 0 radical (unpaired) electrons. The number of carboxylic acid groups (broad SMARTS) is 1. The topological polar surface area (TPSA) is 67.8 Å². The van der Waals surface area contributed by atoms with Gasteiger partial charge in [-0.1, -0.05) is 24.1 Å². The van der Waals surface area contributed by atoms with Crippen molar-refractivity contribution >= 4 is 23.6 Å². The Balaban J connectivity index is 2.11. The number of rotatable bonds is 7. The summed E-state index contributed by atoms with van der Waals surface area (Å²) in [6.07, 6.45) is 2.56. The normalized spacial score (nSPS) is 14.0. The first-order valence-corrected chi connectivity index (χ1v) is 14.0. The number of ether oxygens (including phenoxy) is 2. The minimum atomic E-state index is -1.19. The van der Waals surface area contributed by atoms with Crippen LogP contribution in [-0.2, 0) is 16.0 Å². The van der Waals surface area contributed by atoms with E-state index in [1.165, 1.54) is 18.0 Å². The van der Waals surface area contributed by atoms with Crippen molar-refractivity contribution in [2.75, 3.05) is 17.6 Å². The minimum absolute atomic E-state index is 0.265. The van der Waals surface area contributed by atoms with Gasteiger partial charge in [-0.05, 0) is 118 Å². The van der Waals surface area contributed by atoms with E-state index in [1.807, 2.05) is 59.1 Å². The van der Waals surface area contributed by atoms with Crippen LogP contribution in [0.2, 0.25) is 0 Å². The van der Waals surface area contributed by atoms with Crippen molar-refractivity contribution in [3.8, 4) is 28.0 Å². The van der Waals surface area contributed by atoms with E-state index in [2.05, 4.69) is 10.8 Å². The second-order valence-corrected chi connectivity index (χ2v) is 11.4. The summed E-state index contributed by atoms with van der Waals surface area (Å²) in [5.74, 6) is -0.448. The Hall–Kier alpha value is -3.03. The third-order valence-corrected chi connectivity index (χ3v) is 7.26. The van der Waals surface area contributed by atoms with Crippen molar-refractivity contribution < 1.29 is 23.8 Å². The molecule has 1 heterocycles. The van der Waals surface area contributed by atoms with Crippen LogP contribution in [0.4, 0.5) is 10.1 Å². The molecule has 0 saturated carbocycles. The Bertz CT molecular complexity index is 1380. The SMILES string of the molecule is CSNc1c(C)c(C(OC(C)(C)C)C(=O)O)c(-c2ccc3c(c2)CCCO3)c(C)c1-c1ccc(F)c(C)c1. The maximum atomic E-state index is 14.3. The zero-order valence-electron chi connectivity index (χ0n) is 23.1. The molecule has 38 heavy (non-hydrogen) atoms. The summed E-state index contributed by atoms with van der Waals surface area (Å²) < 4.78 is 29.7. The summed E-state index contributed by atoms with van der Waals surface area (Å²) in [6, 6.07) is 11.2. The fraction of sp³-hybridized carbons (Fsp3) is 0.387. The van der Waals surface area contributed by atoms with Gasteiger partial charge in [-0.2, -0.15) is 0 Å². The molecule has 0 amide bonds. The number of hydrogen-bond donors (Lipinski definition) is 2. The third-order valence-electron chi connectivity index (χ3n) is 6.85. The predicted octanol–water partition coefficient (Wildman–Crippen LogP) is 8.04. The number of benzene rings is 3. The predicted molar refractivity (Wildman–Crippen MR) is 154 cm³/mol. The largest absolute Gasteiger partial charge is 0.493 e. The van der Waals surface area contributed by atoms with Gasteiger partial charge in [0.25, 0.3) is 0 Å². The zero-order valence-corrected chi connectivity index (χ0v) is 23.9. The lowest BCUT2D eigenvalue weighted by Gasteiger charge is -2.31. The number of anilines is 1. The third kappa shape index (κ3) is 5.54. The lowest BCUT2D eigenvalue weighted by Crippen LogP contribution is -2.28. The number of nitrogens with one attached hydrogen (secondary N) is 1. The van der Waals surface area contributed by atoms with E-state index in [0.717, 1.165) is 63.2 Å². The highest BCUT2D eigenvalue weighted by atomic mass is 32.2. The molecule has 4 rings (SSSR count). The van der Waals surface area contributed by atoms with E-state index >= 15 is 0 Å². The maximum Gasteiger partial charge on any atom is 0.337 e. The van der Waals surface area contributed by atoms with Crippen LogP contribution in [0.5, 0.6) is 5.75 Å². The first-order valence-electron chi connectivity index (χ1n) is 12.8. The Morgan fingerprint density at radius 2 is 1.76 bits per heavy atom. The molecule has 0 saturated heterocycles. The van der Waals surface area contributed by atoms with Crippen LogP contribution in [-0.4, -0.2) is 29.5 Å². The Kier molecular flexibility index (Phi) is 8.09. The number of hydrogen-bond acceptors (Lipinski definition) is 5. The lowest BCUT2D eigenvalue weighted by atomic mass is 9.82. The molecule has 0 spiro atoms. The number of aryl methyl sites for hydroxylation is 2. The van der Waals surface area contributed by atoms with E-state index in [0.29, 0.717) is 17.7 Å². The van der Waals surface area contributed by atoms with Crippen LogP contribution in [0.25, 0.3) is 22.3 Å². The molecule has 2 N–H and O–H groups in total. The molecule has 1 aliphatic rings. The molecular formula is C31H36FNO4S. The average molecular weight is 538 g/mol. The van der Waals surface area contributed by atoms with Gasteiger partial charge in [-0.3, -0.25) is 0 Å². The van der Waals surface area contributed by atoms with Crippen molar-refractivity contribution in [1.29, 1.82) is 0 Å². The van der Waals surface area contributed by atoms with Crippen LogP contribution in [0.1, 0.15) is 61.1 Å². The standard InChI is InChI=1S/C31H36FNO4S/c1-17-15-21(10-12-23(17)32)26-18(2)25(22-11-13-24-20(16-22)9-8-14-36-24)27(19(3)28(26)33-38-7)29(30(34)35)37-31(4,5)6/h10-13,15-16,29,33H,8-9,14H2,1-7H3,(H,34,35). The Morgan fingerprint density at radius 3 is 2.39 bits per heavy atom. The number of carbonyl (C=O) groups is 1. The van der Waals surface area contributed by atoms with Gasteiger partial charge < -0.3 is 19.3 Å². The second-order valence-electron chi connectivity index (χ2n) is 10.8. The van der Waals surface area contributed by atoms with Crippen LogP contribution in [0, 0.1) is 26.6 Å². The molecule has 1 atom stereocenters. The molecule has 3 aromatic carbocycles. The van der Waals surface area contributed by atoms with Crippen LogP contribution >= 0.6 is 11.9 Å². The minimum Gasteiger partial charge on any atom is -0.493 e. The molecule has 0 bridgehead atoms. The van der Waals surface area contributed by atoms with E-state index < -0.39 is 17.7 Å². The molecule has 7 heteroatoms. The summed E-state index contributed by atoms with van der Waals surface area (Å²) in [6.45, 7) is 12.0.